The zero-order valence-electron chi connectivity index (χ0n) is 13.4. The molecule has 0 atom stereocenters. The minimum Gasteiger partial charge on any atom is -0.493 e. The van der Waals surface area contributed by atoms with Gasteiger partial charge in [0.15, 0.2) is 17.1 Å². The Morgan fingerprint density at radius 3 is 2.29 bits per heavy atom. The number of fused-ring (bicyclic) bond motifs is 1. The number of rotatable bonds is 5. The summed E-state index contributed by atoms with van der Waals surface area (Å²) in [6.07, 6.45) is 0. The number of hydrogen-bond donors (Lipinski definition) is 0. The minimum absolute atomic E-state index is 0.235. The average Bonchev–Trinajstić information content (AvgIpc) is 3.02. The average molecular weight is 345 g/mol. The van der Waals surface area contributed by atoms with Crippen LogP contribution in [0.3, 0.4) is 0 Å². The quantitative estimate of drug-likeness (QED) is 0.652. The molecule has 0 spiro atoms. The van der Waals surface area contributed by atoms with Crippen LogP contribution in [0.1, 0.15) is 10.4 Å². The molecule has 0 aliphatic carbocycles. The van der Waals surface area contributed by atoms with Crippen LogP contribution in [0.4, 0.5) is 0 Å². The lowest BCUT2D eigenvalue weighted by Gasteiger charge is -2.13. The van der Waals surface area contributed by atoms with Crippen LogP contribution < -0.4 is 14.2 Å². The number of methoxy groups -OCH3 is 3. The van der Waals surface area contributed by atoms with E-state index in [-0.39, 0.29) is 10.3 Å². The Kier molecular flexibility index (Phi) is 4.61. The summed E-state index contributed by atoms with van der Waals surface area (Å²) >= 11 is 0.906. The van der Waals surface area contributed by atoms with Crippen molar-refractivity contribution in [3.8, 4) is 17.2 Å². The van der Waals surface area contributed by atoms with Crippen LogP contribution in [-0.2, 0) is 0 Å². The summed E-state index contributed by atoms with van der Waals surface area (Å²) in [6.45, 7) is 0. The Balaban J connectivity index is 1.91. The lowest BCUT2D eigenvalue weighted by atomic mass is 10.2. The predicted molar refractivity (Wildman–Crippen MR) is 90.3 cm³/mol. The van der Waals surface area contributed by atoms with Gasteiger partial charge in [-0.1, -0.05) is 12.1 Å². The maximum absolute atomic E-state index is 12.5. The van der Waals surface area contributed by atoms with E-state index < -0.39 is 0 Å². The van der Waals surface area contributed by atoms with Gasteiger partial charge in [-0.2, -0.15) is 0 Å². The molecule has 24 heavy (non-hydrogen) atoms. The van der Waals surface area contributed by atoms with Crippen molar-refractivity contribution in [2.45, 2.75) is 5.22 Å². The van der Waals surface area contributed by atoms with E-state index in [1.54, 1.807) is 18.2 Å². The summed E-state index contributed by atoms with van der Waals surface area (Å²) in [6, 6.07) is 10.5. The van der Waals surface area contributed by atoms with E-state index >= 15 is 0 Å². The molecule has 0 saturated carbocycles. The Hall–Kier alpha value is -2.67. The third kappa shape index (κ3) is 3.03. The van der Waals surface area contributed by atoms with Gasteiger partial charge >= 0.3 is 0 Å². The molecule has 3 aromatic rings. The molecule has 1 heterocycles. The van der Waals surface area contributed by atoms with Crippen molar-refractivity contribution < 1.29 is 23.4 Å². The lowest BCUT2D eigenvalue weighted by molar-refractivity contribution is 0.108. The van der Waals surface area contributed by atoms with Crippen molar-refractivity contribution in [3.05, 3.63) is 42.0 Å². The number of ether oxygens (including phenoxy) is 3. The van der Waals surface area contributed by atoms with Gasteiger partial charge in [-0.05, 0) is 24.3 Å². The van der Waals surface area contributed by atoms with Crippen LogP contribution in [-0.4, -0.2) is 31.4 Å². The summed E-state index contributed by atoms with van der Waals surface area (Å²) in [5.41, 5.74) is 1.74. The normalized spacial score (nSPS) is 10.6. The number of para-hydroxylation sites is 2. The second-order valence-corrected chi connectivity index (χ2v) is 5.68. The number of carbonyl (C=O) groups excluding carboxylic acids is 1. The van der Waals surface area contributed by atoms with Crippen LogP contribution in [0, 0.1) is 0 Å². The van der Waals surface area contributed by atoms with Crippen LogP contribution in [0.15, 0.2) is 46.0 Å². The summed E-state index contributed by atoms with van der Waals surface area (Å²) in [7, 11) is 4.51. The number of thioether (sulfide) groups is 1. The highest BCUT2D eigenvalue weighted by molar-refractivity contribution is 8.14. The third-order valence-corrected chi connectivity index (χ3v) is 4.13. The first kappa shape index (κ1) is 16.2. The number of benzene rings is 2. The van der Waals surface area contributed by atoms with Gasteiger partial charge in [-0.25, -0.2) is 4.98 Å². The van der Waals surface area contributed by atoms with Crippen molar-refractivity contribution in [2.24, 2.45) is 0 Å². The fourth-order valence-corrected chi connectivity index (χ4v) is 2.90. The molecule has 0 aliphatic rings. The van der Waals surface area contributed by atoms with E-state index in [9.17, 15) is 4.79 Å². The molecule has 6 nitrogen and oxygen atoms in total. The van der Waals surface area contributed by atoms with E-state index in [0.717, 1.165) is 11.8 Å². The Labute approximate surface area is 142 Å². The largest absolute Gasteiger partial charge is 0.493 e. The SMILES string of the molecule is COc1cc(C(=O)Sc2nc3ccccc3o2)cc(OC)c1OC. The first-order chi connectivity index (χ1) is 11.7. The number of oxazole rings is 1. The molecular weight excluding hydrogens is 330 g/mol. The Morgan fingerprint density at radius 1 is 1.04 bits per heavy atom. The van der Waals surface area contributed by atoms with Crippen molar-refractivity contribution in [3.63, 3.8) is 0 Å². The maximum atomic E-state index is 12.5. The molecule has 0 bridgehead atoms. The fourth-order valence-electron chi connectivity index (χ4n) is 2.23. The lowest BCUT2D eigenvalue weighted by Crippen LogP contribution is -2.00. The topological polar surface area (TPSA) is 70.8 Å². The molecule has 0 aliphatic heterocycles. The zero-order chi connectivity index (χ0) is 17.1. The molecule has 7 heteroatoms. The van der Waals surface area contributed by atoms with E-state index in [4.69, 9.17) is 18.6 Å². The molecule has 2 aromatic carbocycles. The molecular formula is C17H15NO5S. The molecule has 3 rings (SSSR count). The van der Waals surface area contributed by atoms with Gasteiger partial charge < -0.3 is 18.6 Å². The minimum atomic E-state index is -0.235. The number of hydrogen-bond acceptors (Lipinski definition) is 7. The van der Waals surface area contributed by atoms with Crippen molar-refractivity contribution in [2.75, 3.05) is 21.3 Å². The van der Waals surface area contributed by atoms with Gasteiger partial charge in [-0.3, -0.25) is 4.79 Å². The first-order valence-electron chi connectivity index (χ1n) is 7.04. The van der Waals surface area contributed by atoms with E-state index in [1.807, 2.05) is 18.2 Å². The Bertz CT molecular complexity index is 832. The fraction of sp³-hybridized carbons (Fsp3) is 0.176. The maximum Gasteiger partial charge on any atom is 0.264 e. The van der Waals surface area contributed by atoms with Crippen molar-refractivity contribution in [1.29, 1.82) is 0 Å². The van der Waals surface area contributed by atoms with E-state index in [0.29, 0.717) is 33.9 Å². The standard InChI is InChI=1S/C17H15NO5S/c1-20-13-8-10(9-14(21-2)15(13)22-3)16(19)24-17-18-11-6-4-5-7-12(11)23-17/h4-9H,1-3H3. The third-order valence-electron chi connectivity index (χ3n) is 3.35. The monoisotopic (exact) mass is 345 g/mol. The molecule has 0 fully saturated rings. The molecule has 0 N–H and O–H groups in total. The van der Waals surface area contributed by atoms with Crippen LogP contribution in [0.2, 0.25) is 0 Å². The molecule has 124 valence electrons. The summed E-state index contributed by atoms with van der Waals surface area (Å²) < 4.78 is 21.3. The molecule has 0 amide bonds. The molecule has 0 unspecified atom stereocenters. The zero-order valence-corrected chi connectivity index (χ0v) is 14.2. The molecule has 1 aromatic heterocycles. The van der Waals surface area contributed by atoms with Gasteiger partial charge in [0, 0.05) is 17.3 Å². The van der Waals surface area contributed by atoms with Crippen LogP contribution >= 0.6 is 11.8 Å². The highest BCUT2D eigenvalue weighted by atomic mass is 32.2. The van der Waals surface area contributed by atoms with Gasteiger partial charge in [-0.15, -0.1) is 0 Å². The van der Waals surface area contributed by atoms with Crippen molar-refractivity contribution >= 4 is 28.0 Å². The van der Waals surface area contributed by atoms with E-state index in [2.05, 4.69) is 4.98 Å². The number of carbonyl (C=O) groups is 1. The molecule has 0 saturated heterocycles. The predicted octanol–water partition coefficient (Wildman–Crippen LogP) is 3.79. The van der Waals surface area contributed by atoms with Crippen LogP contribution in [0.5, 0.6) is 17.2 Å². The first-order valence-corrected chi connectivity index (χ1v) is 7.85. The van der Waals surface area contributed by atoms with E-state index in [1.165, 1.54) is 21.3 Å². The second-order valence-electron chi connectivity index (χ2n) is 4.75. The number of aromatic nitrogens is 1. The van der Waals surface area contributed by atoms with Crippen molar-refractivity contribution in [1.82, 2.24) is 4.98 Å². The number of nitrogens with zero attached hydrogens (tertiary/aromatic N) is 1. The summed E-state index contributed by atoms with van der Waals surface area (Å²) in [5.74, 6) is 1.26. The Morgan fingerprint density at radius 2 is 1.71 bits per heavy atom. The summed E-state index contributed by atoms with van der Waals surface area (Å²) in [5, 5.41) is 0.0516. The summed E-state index contributed by atoms with van der Waals surface area (Å²) in [4.78, 5) is 16.8. The van der Waals surface area contributed by atoms with Gasteiger partial charge in [0.1, 0.15) is 5.52 Å². The van der Waals surface area contributed by atoms with Crippen LogP contribution in [0.25, 0.3) is 11.1 Å². The highest BCUT2D eigenvalue weighted by Gasteiger charge is 2.19. The smallest absolute Gasteiger partial charge is 0.264 e. The molecule has 0 radical (unpaired) electrons. The van der Waals surface area contributed by atoms with Gasteiger partial charge in [0.25, 0.3) is 5.22 Å². The highest BCUT2D eigenvalue weighted by Crippen LogP contribution is 2.39. The second kappa shape index (κ2) is 6.84. The van der Waals surface area contributed by atoms with Gasteiger partial charge in [0.05, 0.1) is 21.3 Å². The van der Waals surface area contributed by atoms with Gasteiger partial charge in [0.2, 0.25) is 10.9 Å².